The van der Waals surface area contributed by atoms with E-state index < -0.39 is 12.1 Å². The first-order valence-corrected chi connectivity index (χ1v) is 5.63. The molecule has 1 amide bonds. The second-order valence-electron chi connectivity index (χ2n) is 3.93. The molecule has 0 saturated heterocycles. The van der Waals surface area contributed by atoms with Crippen molar-refractivity contribution in [1.82, 2.24) is 5.32 Å². The second kappa shape index (κ2) is 6.76. The van der Waals surface area contributed by atoms with Gasteiger partial charge < -0.3 is 15.2 Å². The summed E-state index contributed by atoms with van der Waals surface area (Å²) in [4.78, 5) is 22.2. The first-order chi connectivity index (χ1) is 8.54. The Kier molecular flexibility index (Phi) is 5.32. The van der Waals surface area contributed by atoms with Gasteiger partial charge in [-0.15, -0.1) is 0 Å². The highest BCUT2D eigenvalue weighted by Crippen LogP contribution is 2.09. The summed E-state index contributed by atoms with van der Waals surface area (Å²) in [6.07, 6.45) is -0.567. The van der Waals surface area contributed by atoms with Crippen molar-refractivity contribution in [3.8, 4) is 0 Å². The highest BCUT2D eigenvalue weighted by atomic mass is 16.5. The van der Waals surface area contributed by atoms with Gasteiger partial charge in [-0.1, -0.05) is 24.3 Å². The van der Waals surface area contributed by atoms with Crippen LogP contribution >= 0.6 is 0 Å². The van der Waals surface area contributed by atoms with E-state index in [2.05, 4.69) is 5.32 Å². The summed E-state index contributed by atoms with van der Waals surface area (Å²) in [6.45, 7) is 1.95. The average Bonchev–Trinajstić information content (AvgIpc) is 2.35. The first-order valence-electron chi connectivity index (χ1n) is 5.63. The van der Waals surface area contributed by atoms with Gasteiger partial charge in [-0.25, -0.2) is 0 Å². The molecule has 0 radical (unpaired) electrons. The molecule has 0 aliphatic heterocycles. The molecule has 1 aromatic rings. The van der Waals surface area contributed by atoms with E-state index in [0.29, 0.717) is 12.1 Å². The molecular formula is C13H17NO4. The van der Waals surface area contributed by atoms with Crippen molar-refractivity contribution in [2.75, 3.05) is 7.11 Å². The number of amides is 1. The van der Waals surface area contributed by atoms with Gasteiger partial charge >= 0.3 is 5.97 Å². The molecule has 1 unspecified atom stereocenters. The zero-order valence-corrected chi connectivity index (χ0v) is 10.5. The van der Waals surface area contributed by atoms with E-state index >= 15 is 0 Å². The fraction of sp³-hybridized carbons (Fsp3) is 0.385. The van der Waals surface area contributed by atoms with Gasteiger partial charge in [0.25, 0.3) is 0 Å². The van der Waals surface area contributed by atoms with Crippen molar-refractivity contribution >= 4 is 11.9 Å². The first kappa shape index (κ1) is 14.2. The predicted octanol–water partition coefficient (Wildman–Crippen LogP) is 0.965. The Hall–Kier alpha value is -1.88. The molecule has 0 bridgehead atoms. The standard InChI is InChI=1S/C13H17NO4/c1-9(18-2)13(17)14-8-11-6-4-3-5-10(11)7-12(15)16/h3-6,9H,7-8H2,1-2H3,(H,14,17)(H,15,16). The summed E-state index contributed by atoms with van der Waals surface area (Å²) in [5.41, 5.74) is 1.51. The van der Waals surface area contributed by atoms with Gasteiger partial charge in [0.2, 0.25) is 5.91 Å². The molecule has 0 fully saturated rings. The lowest BCUT2D eigenvalue weighted by Gasteiger charge is -2.12. The summed E-state index contributed by atoms with van der Waals surface area (Å²) in [5.74, 6) is -1.11. The van der Waals surface area contributed by atoms with Crippen molar-refractivity contribution in [2.45, 2.75) is 26.0 Å². The second-order valence-corrected chi connectivity index (χ2v) is 3.93. The maximum atomic E-state index is 11.5. The van der Waals surface area contributed by atoms with E-state index in [1.54, 1.807) is 25.1 Å². The third-order valence-corrected chi connectivity index (χ3v) is 2.64. The van der Waals surface area contributed by atoms with E-state index in [1.165, 1.54) is 7.11 Å². The summed E-state index contributed by atoms with van der Waals surface area (Å²) in [5, 5.41) is 11.5. The van der Waals surface area contributed by atoms with Crippen LogP contribution in [0.3, 0.4) is 0 Å². The van der Waals surface area contributed by atoms with Crippen LogP contribution in [-0.2, 0) is 27.3 Å². The number of methoxy groups -OCH3 is 1. The van der Waals surface area contributed by atoms with Crippen LogP contribution < -0.4 is 5.32 Å². The zero-order chi connectivity index (χ0) is 13.5. The van der Waals surface area contributed by atoms with Crippen LogP contribution in [0, 0.1) is 0 Å². The zero-order valence-electron chi connectivity index (χ0n) is 10.5. The average molecular weight is 251 g/mol. The third-order valence-electron chi connectivity index (χ3n) is 2.64. The number of carbonyl (C=O) groups excluding carboxylic acids is 1. The Balaban J connectivity index is 2.67. The van der Waals surface area contributed by atoms with E-state index in [1.807, 2.05) is 6.07 Å². The fourth-order valence-electron chi connectivity index (χ4n) is 1.50. The van der Waals surface area contributed by atoms with Crippen LogP contribution in [0.15, 0.2) is 24.3 Å². The number of carboxylic acid groups (broad SMARTS) is 1. The number of aliphatic carboxylic acids is 1. The topological polar surface area (TPSA) is 75.6 Å². The van der Waals surface area contributed by atoms with Gasteiger partial charge in [0.1, 0.15) is 6.10 Å². The predicted molar refractivity (Wildman–Crippen MR) is 66.1 cm³/mol. The van der Waals surface area contributed by atoms with Crippen LogP contribution in [0.5, 0.6) is 0 Å². The molecule has 0 aliphatic rings. The molecule has 5 nitrogen and oxygen atoms in total. The Morgan fingerprint density at radius 1 is 1.33 bits per heavy atom. The Morgan fingerprint density at radius 3 is 2.50 bits per heavy atom. The van der Waals surface area contributed by atoms with E-state index in [4.69, 9.17) is 9.84 Å². The summed E-state index contributed by atoms with van der Waals surface area (Å²) in [7, 11) is 1.46. The molecular weight excluding hydrogens is 234 g/mol. The lowest BCUT2D eigenvalue weighted by molar-refractivity contribution is -0.136. The molecule has 98 valence electrons. The molecule has 1 rings (SSSR count). The summed E-state index contributed by atoms with van der Waals surface area (Å²) >= 11 is 0. The van der Waals surface area contributed by atoms with Gasteiger partial charge in [-0.05, 0) is 18.1 Å². The van der Waals surface area contributed by atoms with Gasteiger partial charge in [-0.3, -0.25) is 9.59 Å². The molecule has 0 spiro atoms. The number of hydrogen-bond acceptors (Lipinski definition) is 3. The maximum Gasteiger partial charge on any atom is 0.307 e. The smallest absolute Gasteiger partial charge is 0.307 e. The molecule has 0 aliphatic carbocycles. The van der Waals surface area contributed by atoms with Crippen molar-refractivity contribution in [2.24, 2.45) is 0 Å². The molecule has 18 heavy (non-hydrogen) atoms. The molecule has 0 saturated carbocycles. The minimum absolute atomic E-state index is 0.0497. The number of carboxylic acids is 1. The minimum Gasteiger partial charge on any atom is -0.481 e. The number of hydrogen-bond donors (Lipinski definition) is 2. The highest BCUT2D eigenvalue weighted by Gasteiger charge is 2.12. The Morgan fingerprint density at radius 2 is 1.94 bits per heavy atom. The Bertz CT molecular complexity index is 431. The van der Waals surface area contributed by atoms with Crippen LogP contribution in [-0.4, -0.2) is 30.2 Å². The fourth-order valence-corrected chi connectivity index (χ4v) is 1.50. The van der Waals surface area contributed by atoms with Crippen LogP contribution in [0.2, 0.25) is 0 Å². The maximum absolute atomic E-state index is 11.5. The van der Waals surface area contributed by atoms with Crippen molar-refractivity contribution in [1.29, 1.82) is 0 Å². The highest BCUT2D eigenvalue weighted by molar-refractivity contribution is 5.80. The van der Waals surface area contributed by atoms with Crippen molar-refractivity contribution in [3.05, 3.63) is 35.4 Å². The molecule has 0 heterocycles. The third kappa shape index (κ3) is 4.18. The van der Waals surface area contributed by atoms with Gasteiger partial charge in [0.05, 0.1) is 6.42 Å². The van der Waals surface area contributed by atoms with Crippen molar-refractivity contribution in [3.63, 3.8) is 0 Å². The van der Waals surface area contributed by atoms with Crippen LogP contribution in [0.1, 0.15) is 18.1 Å². The molecule has 0 aromatic heterocycles. The Labute approximate surface area is 106 Å². The van der Waals surface area contributed by atoms with Crippen molar-refractivity contribution < 1.29 is 19.4 Å². The van der Waals surface area contributed by atoms with Gasteiger partial charge in [0.15, 0.2) is 0 Å². The van der Waals surface area contributed by atoms with E-state index in [9.17, 15) is 9.59 Å². The molecule has 1 atom stereocenters. The lowest BCUT2D eigenvalue weighted by atomic mass is 10.0. The van der Waals surface area contributed by atoms with Crippen LogP contribution in [0.25, 0.3) is 0 Å². The number of ether oxygens (including phenoxy) is 1. The molecule has 2 N–H and O–H groups in total. The number of nitrogens with one attached hydrogen (secondary N) is 1. The summed E-state index contributed by atoms with van der Waals surface area (Å²) < 4.78 is 4.89. The lowest BCUT2D eigenvalue weighted by Crippen LogP contribution is -2.33. The monoisotopic (exact) mass is 251 g/mol. The minimum atomic E-state index is -0.890. The van der Waals surface area contributed by atoms with Crippen LogP contribution in [0.4, 0.5) is 0 Å². The van der Waals surface area contributed by atoms with E-state index in [0.717, 1.165) is 5.56 Å². The van der Waals surface area contributed by atoms with Gasteiger partial charge in [0, 0.05) is 13.7 Å². The number of carbonyl (C=O) groups is 2. The SMILES string of the molecule is COC(C)C(=O)NCc1ccccc1CC(=O)O. The molecule has 5 heteroatoms. The quantitative estimate of drug-likeness (QED) is 0.789. The van der Waals surface area contributed by atoms with E-state index in [-0.39, 0.29) is 12.3 Å². The summed E-state index contributed by atoms with van der Waals surface area (Å²) in [6, 6.07) is 7.14. The molecule has 1 aromatic carbocycles. The normalized spacial score (nSPS) is 11.9. The van der Waals surface area contributed by atoms with Gasteiger partial charge in [-0.2, -0.15) is 0 Å². The number of rotatable bonds is 6. The number of benzene rings is 1. The largest absolute Gasteiger partial charge is 0.481 e.